The number of carbonyl (C=O) groups is 2. The second kappa shape index (κ2) is 9.80. The summed E-state index contributed by atoms with van der Waals surface area (Å²) < 4.78 is 59.9. The minimum atomic E-state index is -4.72. The number of amides is 3. The Balaban J connectivity index is 2.11. The van der Waals surface area contributed by atoms with E-state index < -0.39 is 41.2 Å². The number of nitrogens with one attached hydrogen (secondary N) is 2. The van der Waals surface area contributed by atoms with E-state index in [1.165, 1.54) is 43.2 Å². The number of alkyl halides is 3. The maximum absolute atomic E-state index is 14.7. The Morgan fingerprint density at radius 1 is 1.21 bits per heavy atom. The minimum absolute atomic E-state index is 0.0561. The van der Waals surface area contributed by atoms with Crippen LogP contribution in [-0.2, 0) is 15.7 Å². The van der Waals surface area contributed by atoms with Gasteiger partial charge in [0.1, 0.15) is 5.82 Å². The van der Waals surface area contributed by atoms with Crippen molar-refractivity contribution in [2.75, 3.05) is 25.6 Å². The second-order valence-corrected chi connectivity index (χ2v) is 7.57. The van der Waals surface area contributed by atoms with Crippen LogP contribution in [0.25, 0.3) is 0 Å². The van der Waals surface area contributed by atoms with E-state index in [1.54, 1.807) is 0 Å². The van der Waals surface area contributed by atoms with Crippen molar-refractivity contribution in [2.45, 2.75) is 19.1 Å². The molecule has 0 radical (unpaired) electrons. The summed E-state index contributed by atoms with van der Waals surface area (Å²) in [5.41, 5.74) is -1.73. The van der Waals surface area contributed by atoms with Crippen molar-refractivity contribution < 1.29 is 31.9 Å². The number of hydrogen-bond acceptors (Lipinski definition) is 3. The summed E-state index contributed by atoms with van der Waals surface area (Å²) in [6.07, 6.45) is -4.72. The Kier molecular flexibility index (Phi) is 7.28. The standard InChI is InChI=1S/C22H20ClF4N3O3/c1-12-17(20(31)28-16-9-4-3-6-13(16)22(25,26)27)19(18-14(23)7-5-8-15(18)24)29-21(32)30(12)10-11-33-2/h3-9,19H,10-11H2,1-2H3,(H,28,31)(H,29,32). The Morgan fingerprint density at radius 3 is 2.55 bits per heavy atom. The average molecular weight is 486 g/mol. The number of urea groups is 1. The van der Waals surface area contributed by atoms with Crippen LogP contribution >= 0.6 is 11.6 Å². The zero-order chi connectivity index (χ0) is 24.3. The summed E-state index contributed by atoms with van der Waals surface area (Å²) in [4.78, 5) is 27.2. The molecular formula is C22H20ClF4N3O3. The maximum Gasteiger partial charge on any atom is 0.418 e. The summed E-state index contributed by atoms with van der Waals surface area (Å²) in [6, 6.07) is 6.34. The number of anilines is 1. The molecule has 2 aromatic carbocycles. The monoisotopic (exact) mass is 485 g/mol. The molecule has 1 atom stereocenters. The molecule has 0 bridgehead atoms. The summed E-state index contributed by atoms with van der Waals surface area (Å²) in [5, 5.41) is 4.73. The number of para-hydroxylation sites is 1. The average Bonchev–Trinajstić information content (AvgIpc) is 2.73. The summed E-state index contributed by atoms with van der Waals surface area (Å²) >= 11 is 6.17. The van der Waals surface area contributed by atoms with Gasteiger partial charge in [-0.05, 0) is 31.2 Å². The molecule has 6 nitrogen and oxygen atoms in total. The number of hydrogen-bond donors (Lipinski definition) is 2. The number of benzene rings is 2. The molecule has 0 saturated heterocycles. The number of halogens is 5. The first kappa shape index (κ1) is 24.5. The van der Waals surface area contributed by atoms with Crippen molar-refractivity contribution in [3.63, 3.8) is 0 Å². The van der Waals surface area contributed by atoms with Crippen LogP contribution in [0.5, 0.6) is 0 Å². The number of ether oxygens (including phenoxy) is 1. The van der Waals surface area contributed by atoms with E-state index in [1.807, 2.05) is 0 Å². The van der Waals surface area contributed by atoms with Crippen molar-refractivity contribution in [3.8, 4) is 0 Å². The summed E-state index contributed by atoms with van der Waals surface area (Å²) in [5.74, 6) is -1.73. The molecule has 1 aliphatic heterocycles. The van der Waals surface area contributed by atoms with Gasteiger partial charge in [0.05, 0.1) is 36.0 Å². The van der Waals surface area contributed by atoms with Gasteiger partial charge < -0.3 is 15.4 Å². The molecule has 0 saturated carbocycles. The van der Waals surface area contributed by atoms with Crippen LogP contribution in [0.4, 0.5) is 28.0 Å². The third-order valence-corrected chi connectivity index (χ3v) is 5.46. The summed E-state index contributed by atoms with van der Waals surface area (Å²) in [7, 11) is 1.42. The van der Waals surface area contributed by atoms with E-state index in [0.717, 1.165) is 18.2 Å². The predicted octanol–water partition coefficient (Wildman–Crippen LogP) is 5.12. The van der Waals surface area contributed by atoms with Gasteiger partial charge in [-0.3, -0.25) is 9.69 Å². The highest BCUT2D eigenvalue weighted by atomic mass is 35.5. The molecule has 0 spiro atoms. The maximum atomic E-state index is 14.7. The fraction of sp³-hybridized carbons (Fsp3) is 0.273. The first-order valence-electron chi connectivity index (χ1n) is 9.75. The highest BCUT2D eigenvalue weighted by Crippen LogP contribution is 2.38. The van der Waals surface area contributed by atoms with Crippen molar-refractivity contribution >= 4 is 29.2 Å². The van der Waals surface area contributed by atoms with Crippen molar-refractivity contribution in [1.82, 2.24) is 10.2 Å². The number of methoxy groups -OCH3 is 1. The second-order valence-electron chi connectivity index (χ2n) is 7.16. The van der Waals surface area contributed by atoms with Crippen LogP contribution in [0, 0.1) is 5.82 Å². The lowest BCUT2D eigenvalue weighted by molar-refractivity contribution is -0.137. The predicted molar refractivity (Wildman–Crippen MR) is 114 cm³/mol. The van der Waals surface area contributed by atoms with E-state index in [2.05, 4.69) is 10.6 Å². The molecule has 2 aromatic rings. The number of allylic oxidation sites excluding steroid dienone is 1. The van der Waals surface area contributed by atoms with E-state index >= 15 is 0 Å². The lowest BCUT2D eigenvalue weighted by Gasteiger charge is -2.36. The van der Waals surface area contributed by atoms with Gasteiger partial charge in [-0.1, -0.05) is 29.8 Å². The van der Waals surface area contributed by atoms with Gasteiger partial charge in [-0.15, -0.1) is 0 Å². The van der Waals surface area contributed by atoms with Gasteiger partial charge in [0, 0.05) is 23.4 Å². The molecule has 1 aliphatic rings. The van der Waals surface area contributed by atoms with E-state index in [0.29, 0.717) is 0 Å². The molecule has 176 valence electrons. The Morgan fingerprint density at radius 2 is 1.91 bits per heavy atom. The van der Waals surface area contributed by atoms with Gasteiger partial charge in [0.25, 0.3) is 5.91 Å². The topological polar surface area (TPSA) is 70.7 Å². The fourth-order valence-corrected chi connectivity index (χ4v) is 3.83. The first-order chi connectivity index (χ1) is 15.6. The van der Waals surface area contributed by atoms with Gasteiger partial charge in [0.2, 0.25) is 0 Å². The van der Waals surface area contributed by atoms with Crippen LogP contribution in [-0.4, -0.2) is 37.1 Å². The molecule has 0 aliphatic carbocycles. The SMILES string of the molecule is COCCN1C(=O)NC(c2c(F)cccc2Cl)C(C(=O)Nc2ccccc2C(F)(F)F)=C1C. The lowest BCUT2D eigenvalue weighted by atomic mass is 9.93. The lowest BCUT2D eigenvalue weighted by Crippen LogP contribution is -2.49. The Bertz CT molecular complexity index is 1080. The minimum Gasteiger partial charge on any atom is -0.383 e. The highest BCUT2D eigenvalue weighted by Gasteiger charge is 2.39. The zero-order valence-electron chi connectivity index (χ0n) is 17.6. The molecule has 0 fully saturated rings. The Hall–Kier alpha value is -3.11. The number of nitrogens with zero attached hydrogens (tertiary/aromatic N) is 1. The van der Waals surface area contributed by atoms with Crippen LogP contribution in [0.1, 0.15) is 24.1 Å². The molecule has 2 N–H and O–H groups in total. The smallest absolute Gasteiger partial charge is 0.383 e. The molecule has 3 rings (SSSR count). The van der Waals surface area contributed by atoms with Gasteiger partial charge >= 0.3 is 12.2 Å². The van der Waals surface area contributed by atoms with Gasteiger partial charge in [-0.25, -0.2) is 9.18 Å². The van der Waals surface area contributed by atoms with Crippen LogP contribution in [0.15, 0.2) is 53.7 Å². The fourth-order valence-electron chi connectivity index (χ4n) is 3.56. The van der Waals surface area contributed by atoms with Crippen molar-refractivity contribution in [1.29, 1.82) is 0 Å². The van der Waals surface area contributed by atoms with Gasteiger partial charge in [-0.2, -0.15) is 13.2 Å². The largest absolute Gasteiger partial charge is 0.418 e. The molecule has 3 amide bonds. The van der Waals surface area contributed by atoms with Crippen LogP contribution in [0.2, 0.25) is 5.02 Å². The van der Waals surface area contributed by atoms with Crippen molar-refractivity contribution in [3.05, 3.63) is 75.7 Å². The van der Waals surface area contributed by atoms with Crippen molar-refractivity contribution in [2.24, 2.45) is 0 Å². The molecule has 1 heterocycles. The molecule has 0 aromatic heterocycles. The van der Waals surface area contributed by atoms with Gasteiger partial charge in [0.15, 0.2) is 0 Å². The molecule has 1 unspecified atom stereocenters. The molecule has 11 heteroatoms. The van der Waals surface area contributed by atoms with Crippen LogP contribution in [0.3, 0.4) is 0 Å². The van der Waals surface area contributed by atoms with E-state index in [9.17, 15) is 27.2 Å². The number of rotatable bonds is 6. The third-order valence-electron chi connectivity index (χ3n) is 5.13. The zero-order valence-corrected chi connectivity index (χ0v) is 18.4. The first-order valence-corrected chi connectivity index (χ1v) is 10.1. The molecular weight excluding hydrogens is 466 g/mol. The quantitative estimate of drug-likeness (QED) is 0.558. The number of carbonyl (C=O) groups excluding carboxylic acids is 2. The highest BCUT2D eigenvalue weighted by molar-refractivity contribution is 6.31. The Labute approximate surface area is 192 Å². The van der Waals surface area contributed by atoms with E-state index in [-0.39, 0.29) is 35.0 Å². The van der Waals surface area contributed by atoms with Crippen LogP contribution < -0.4 is 10.6 Å². The van der Waals surface area contributed by atoms with E-state index in [4.69, 9.17) is 16.3 Å². The normalized spacial score (nSPS) is 16.6. The summed E-state index contributed by atoms with van der Waals surface area (Å²) in [6.45, 7) is 1.63. The third kappa shape index (κ3) is 5.12. The molecule has 33 heavy (non-hydrogen) atoms.